The van der Waals surface area contributed by atoms with Crippen LogP contribution in [0.5, 0.6) is 0 Å². The lowest BCUT2D eigenvalue weighted by Crippen LogP contribution is -2.24. The summed E-state index contributed by atoms with van der Waals surface area (Å²) in [5.74, 6) is -0.0638. The van der Waals surface area contributed by atoms with Crippen molar-refractivity contribution in [1.82, 2.24) is 9.55 Å². The molecule has 1 heterocycles. The first-order chi connectivity index (χ1) is 7.99. The lowest BCUT2D eigenvalue weighted by atomic mass is 10.2. The van der Waals surface area contributed by atoms with Crippen molar-refractivity contribution >= 4 is 32.7 Å². The van der Waals surface area contributed by atoms with Crippen molar-refractivity contribution in [2.75, 3.05) is 0 Å². The number of fused-ring (bicyclic) bond motifs is 1. The molecule has 0 fully saturated rings. The molecule has 1 aromatic heterocycles. The van der Waals surface area contributed by atoms with Crippen LogP contribution in [0.3, 0.4) is 0 Å². The molecular weight excluding hydrogens is 284 g/mol. The number of hydrogen-bond donors (Lipinski definition) is 0. The molecule has 0 N–H and O–H groups in total. The third kappa shape index (κ3) is 2.29. The quantitative estimate of drug-likeness (QED) is 0.849. The minimum absolute atomic E-state index is 0.0638. The van der Waals surface area contributed by atoms with Gasteiger partial charge in [0.25, 0.3) is 5.56 Å². The van der Waals surface area contributed by atoms with Gasteiger partial charge in [0.1, 0.15) is 11.5 Å². The van der Waals surface area contributed by atoms with Crippen LogP contribution in [0.4, 0.5) is 0 Å². The fourth-order valence-electron chi connectivity index (χ4n) is 1.71. The molecule has 4 nitrogen and oxygen atoms in total. The summed E-state index contributed by atoms with van der Waals surface area (Å²) >= 11 is 3.35. The Kier molecular flexibility index (Phi) is 3.11. The zero-order chi connectivity index (χ0) is 12.6. The zero-order valence-corrected chi connectivity index (χ0v) is 11.1. The third-order valence-electron chi connectivity index (χ3n) is 2.52. The Balaban J connectivity index is 2.75. The standard InChI is InChI=1S/C12H11BrN2O2/c1-7(16)5-10-12(17)15(2)11-6-8(13)3-4-9(11)14-10/h3-4,6H,5H2,1-2H3. The third-order valence-corrected chi connectivity index (χ3v) is 3.02. The van der Waals surface area contributed by atoms with Gasteiger partial charge in [-0.2, -0.15) is 0 Å². The first kappa shape index (κ1) is 12.0. The highest BCUT2D eigenvalue weighted by Crippen LogP contribution is 2.16. The van der Waals surface area contributed by atoms with E-state index in [2.05, 4.69) is 20.9 Å². The highest BCUT2D eigenvalue weighted by molar-refractivity contribution is 9.10. The van der Waals surface area contributed by atoms with Crippen molar-refractivity contribution in [1.29, 1.82) is 0 Å². The summed E-state index contributed by atoms with van der Waals surface area (Å²) < 4.78 is 2.41. The van der Waals surface area contributed by atoms with E-state index in [1.54, 1.807) is 7.05 Å². The second-order valence-corrected chi connectivity index (χ2v) is 4.85. The van der Waals surface area contributed by atoms with E-state index >= 15 is 0 Å². The number of nitrogens with zero attached hydrogens (tertiary/aromatic N) is 2. The molecule has 0 aliphatic rings. The van der Waals surface area contributed by atoms with E-state index in [1.807, 2.05) is 18.2 Å². The van der Waals surface area contributed by atoms with Gasteiger partial charge in [0, 0.05) is 11.5 Å². The topological polar surface area (TPSA) is 52.0 Å². The van der Waals surface area contributed by atoms with E-state index in [1.165, 1.54) is 11.5 Å². The predicted octanol–water partition coefficient (Wildman–Crippen LogP) is 1.83. The fourth-order valence-corrected chi connectivity index (χ4v) is 2.06. The van der Waals surface area contributed by atoms with Crippen LogP contribution in [-0.4, -0.2) is 15.3 Å². The normalized spacial score (nSPS) is 10.8. The smallest absolute Gasteiger partial charge is 0.272 e. The van der Waals surface area contributed by atoms with E-state index in [0.717, 1.165) is 9.99 Å². The summed E-state index contributed by atoms with van der Waals surface area (Å²) in [5.41, 5.74) is 1.55. The van der Waals surface area contributed by atoms with E-state index in [9.17, 15) is 9.59 Å². The summed E-state index contributed by atoms with van der Waals surface area (Å²) in [7, 11) is 1.68. The van der Waals surface area contributed by atoms with E-state index in [4.69, 9.17) is 0 Å². The Morgan fingerprint density at radius 2 is 2.18 bits per heavy atom. The number of benzene rings is 1. The number of rotatable bonds is 2. The number of Topliss-reactive ketones (excluding diaryl/α,β-unsaturated/α-hetero) is 1. The summed E-state index contributed by atoms with van der Waals surface area (Å²) in [6.07, 6.45) is 0.0820. The highest BCUT2D eigenvalue weighted by atomic mass is 79.9. The average molecular weight is 295 g/mol. The second kappa shape index (κ2) is 4.41. The Labute approximate surface area is 106 Å². The average Bonchev–Trinajstić information content (AvgIpc) is 2.26. The van der Waals surface area contributed by atoms with E-state index < -0.39 is 0 Å². The van der Waals surface area contributed by atoms with E-state index in [-0.39, 0.29) is 17.8 Å². The number of ketones is 1. The van der Waals surface area contributed by atoms with Crippen LogP contribution in [0, 0.1) is 0 Å². The van der Waals surface area contributed by atoms with Crippen molar-refractivity contribution in [3.05, 3.63) is 38.7 Å². The van der Waals surface area contributed by atoms with Crippen molar-refractivity contribution in [2.24, 2.45) is 7.05 Å². The van der Waals surface area contributed by atoms with Gasteiger partial charge in [-0.3, -0.25) is 9.59 Å². The molecule has 5 heteroatoms. The Morgan fingerprint density at radius 1 is 1.47 bits per heavy atom. The molecule has 0 spiro atoms. The van der Waals surface area contributed by atoms with Crippen molar-refractivity contribution < 1.29 is 4.79 Å². The largest absolute Gasteiger partial charge is 0.308 e. The molecule has 0 amide bonds. The molecule has 0 atom stereocenters. The first-order valence-electron chi connectivity index (χ1n) is 5.13. The number of carbonyl (C=O) groups excluding carboxylic acids is 1. The number of hydrogen-bond acceptors (Lipinski definition) is 3. The molecule has 2 rings (SSSR count). The number of aromatic nitrogens is 2. The van der Waals surface area contributed by atoms with Gasteiger partial charge in [-0.1, -0.05) is 15.9 Å². The Hall–Kier alpha value is -1.49. The van der Waals surface area contributed by atoms with Gasteiger partial charge in [0.2, 0.25) is 0 Å². The van der Waals surface area contributed by atoms with Crippen molar-refractivity contribution in [3.63, 3.8) is 0 Å². The molecule has 0 saturated carbocycles. The van der Waals surface area contributed by atoms with Gasteiger partial charge in [-0.05, 0) is 25.1 Å². The van der Waals surface area contributed by atoms with Crippen LogP contribution in [0.1, 0.15) is 12.6 Å². The second-order valence-electron chi connectivity index (χ2n) is 3.93. The van der Waals surface area contributed by atoms with Crippen LogP contribution in [0.2, 0.25) is 0 Å². The van der Waals surface area contributed by atoms with Crippen molar-refractivity contribution in [2.45, 2.75) is 13.3 Å². The van der Waals surface area contributed by atoms with Crippen LogP contribution in [0.15, 0.2) is 27.5 Å². The van der Waals surface area contributed by atoms with Gasteiger partial charge in [0.05, 0.1) is 17.5 Å². The molecule has 2 aromatic rings. The minimum atomic E-state index is -0.217. The number of halogens is 1. The molecule has 17 heavy (non-hydrogen) atoms. The first-order valence-corrected chi connectivity index (χ1v) is 5.93. The maximum Gasteiger partial charge on any atom is 0.272 e. The Bertz CT molecular complexity index is 661. The van der Waals surface area contributed by atoms with Crippen LogP contribution in [-0.2, 0) is 18.3 Å². The van der Waals surface area contributed by atoms with Crippen molar-refractivity contribution in [3.8, 4) is 0 Å². The number of aryl methyl sites for hydroxylation is 1. The molecule has 0 unspecified atom stereocenters. The van der Waals surface area contributed by atoms with Crippen LogP contribution in [0.25, 0.3) is 11.0 Å². The Morgan fingerprint density at radius 3 is 2.82 bits per heavy atom. The molecule has 1 aromatic carbocycles. The summed E-state index contributed by atoms with van der Waals surface area (Å²) in [6, 6.07) is 5.52. The molecule has 0 bridgehead atoms. The van der Waals surface area contributed by atoms with E-state index in [0.29, 0.717) is 11.2 Å². The maximum atomic E-state index is 12.0. The summed E-state index contributed by atoms with van der Waals surface area (Å²) in [5, 5.41) is 0. The molecule has 88 valence electrons. The minimum Gasteiger partial charge on any atom is -0.308 e. The SMILES string of the molecule is CC(=O)Cc1nc2ccc(Br)cc2n(C)c1=O. The lowest BCUT2D eigenvalue weighted by Gasteiger charge is -2.07. The van der Waals surface area contributed by atoms with Gasteiger partial charge in [-0.25, -0.2) is 4.98 Å². The van der Waals surface area contributed by atoms with Gasteiger partial charge < -0.3 is 4.57 Å². The monoisotopic (exact) mass is 294 g/mol. The maximum absolute atomic E-state index is 12.0. The molecular formula is C12H11BrN2O2. The molecule has 0 aliphatic carbocycles. The summed E-state index contributed by atoms with van der Waals surface area (Å²) in [6.45, 7) is 1.45. The fraction of sp³-hybridized carbons (Fsp3) is 0.250. The van der Waals surface area contributed by atoms with Gasteiger partial charge in [-0.15, -0.1) is 0 Å². The zero-order valence-electron chi connectivity index (χ0n) is 9.53. The predicted molar refractivity (Wildman–Crippen MR) is 69.1 cm³/mol. The lowest BCUT2D eigenvalue weighted by molar-refractivity contribution is -0.116. The molecule has 0 saturated heterocycles. The van der Waals surface area contributed by atoms with Crippen LogP contribution < -0.4 is 5.56 Å². The van der Waals surface area contributed by atoms with Gasteiger partial charge in [0.15, 0.2) is 0 Å². The highest BCUT2D eigenvalue weighted by Gasteiger charge is 2.10. The molecule has 0 radical (unpaired) electrons. The molecule has 0 aliphatic heterocycles. The van der Waals surface area contributed by atoms with Crippen LogP contribution >= 0.6 is 15.9 Å². The van der Waals surface area contributed by atoms with Gasteiger partial charge >= 0.3 is 0 Å². The summed E-state index contributed by atoms with van der Waals surface area (Å²) in [4.78, 5) is 27.3. The number of carbonyl (C=O) groups is 1.